The summed E-state index contributed by atoms with van der Waals surface area (Å²) in [5.41, 5.74) is -0.724. The minimum Gasteiger partial charge on any atom is -0.444 e. The molecule has 1 saturated heterocycles. The van der Waals surface area contributed by atoms with Crippen LogP contribution in [0.5, 0.6) is 0 Å². The maximum Gasteiger partial charge on any atom is 0.408 e. The number of aldehydes is 1. The van der Waals surface area contributed by atoms with Crippen molar-refractivity contribution in [1.82, 2.24) is 10.6 Å². The van der Waals surface area contributed by atoms with Gasteiger partial charge in [-0.1, -0.05) is 0 Å². The molecule has 0 unspecified atom stereocenters. The maximum absolute atomic E-state index is 11.6. The van der Waals surface area contributed by atoms with E-state index < -0.39 is 55.0 Å². The van der Waals surface area contributed by atoms with Crippen LogP contribution in [0.3, 0.4) is 0 Å². The highest BCUT2D eigenvalue weighted by Crippen LogP contribution is 2.19. The fraction of sp³-hybridized carbons (Fsp3) is 0.857. The SMILES string of the molecule is CC(C)(C)OC(=O)N[C@H](C=O)CN[C@@H]1[C@@H](O)[C@H](O)[C@@H](CO)O[C@H]1O. The van der Waals surface area contributed by atoms with Gasteiger partial charge in [0.25, 0.3) is 0 Å². The molecule has 24 heavy (non-hydrogen) atoms. The highest BCUT2D eigenvalue weighted by atomic mass is 16.6. The first kappa shape index (κ1) is 20.7. The molecule has 0 aromatic carbocycles. The van der Waals surface area contributed by atoms with Gasteiger partial charge in [-0.05, 0) is 20.8 Å². The van der Waals surface area contributed by atoms with E-state index in [1.54, 1.807) is 20.8 Å². The number of hydrogen-bond donors (Lipinski definition) is 6. The van der Waals surface area contributed by atoms with Crippen molar-refractivity contribution in [2.45, 2.75) is 63.1 Å². The Kier molecular flexibility index (Phi) is 7.52. The molecule has 0 aromatic heterocycles. The lowest BCUT2D eigenvalue weighted by Crippen LogP contribution is -2.64. The second kappa shape index (κ2) is 8.70. The summed E-state index contributed by atoms with van der Waals surface area (Å²) in [5.74, 6) is 0. The average Bonchev–Trinajstić information content (AvgIpc) is 2.47. The fourth-order valence-corrected chi connectivity index (χ4v) is 2.17. The van der Waals surface area contributed by atoms with E-state index in [1.807, 2.05) is 0 Å². The van der Waals surface area contributed by atoms with Gasteiger partial charge in [0.15, 0.2) is 6.29 Å². The summed E-state index contributed by atoms with van der Waals surface area (Å²) in [7, 11) is 0. The number of carbonyl (C=O) groups excluding carboxylic acids is 2. The van der Waals surface area contributed by atoms with Crippen molar-refractivity contribution < 1.29 is 39.5 Å². The second-order valence-corrected chi connectivity index (χ2v) is 6.55. The van der Waals surface area contributed by atoms with E-state index >= 15 is 0 Å². The Hall–Kier alpha value is -1.30. The van der Waals surface area contributed by atoms with E-state index in [9.17, 15) is 24.9 Å². The van der Waals surface area contributed by atoms with Gasteiger partial charge < -0.3 is 45.3 Å². The van der Waals surface area contributed by atoms with Gasteiger partial charge in [-0.25, -0.2) is 4.79 Å². The molecular formula is C14H26N2O8. The first-order valence-electron chi connectivity index (χ1n) is 7.57. The number of aliphatic hydroxyl groups excluding tert-OH is 4. The van der Waals surface area contributed by atoms with E-state index in [1.165, 1.54) is 0 Å². The molecule has 10 heteroatoms. The summed E-state index contributed by atoms with van der Waals surface area (Å²) in [4.78, 5) is 22.7. The summed E-state index contributed by atoms with van der Waals surface area (Å²) in [5, 5.41) is 43.5. The van der Waals surface area contributed by atoms with Crippen LogP contribution in [0.25, 0.3) is 0 Å². The van der Waals surface area contributed by atoms with Crippen LogP contribution in [-0.4, -0.2) is 88.2 Å². The molecule has 0 aliphatic carbocycles. The zero-order valence-corrected chi connectivity index (χ0v) is 13.9. The van der Waals surface area contributed by atoms with Gasteiger partial charge in [0.05, 0.1) is 12.6 Å². The summed E-state index contributed by atoms with van der Waals surface area (Å²) in [6, 6.07) is -2.09. The molecule has 1 amide bonds. The quantitative estimate of drug-likeness (QED) is 0.284. The van der Waals surface area contributed by atoms with E-state index in [-0.39, 0.29) is 6.54 Å². The Morgan fingerprint density at radius 3 is 2.42 bits per heavy atom. The van der Waals surface area contributed by atoms with Gasteiger partial charge in [-0.2, -0.15) is 0 Å². The Bertz CT molecular complexity index is 427. The molecule has 1 fully saturated rings. The lowest BCUT2D eigenvalue weighted by molar-refractivity contribution is -0.254. The smallest absolute Gasteiger partial charge is 0.408 e. The number of hydrogen-bond acceptors (Lipinski definition) is 9. The summed E-state index contributed by atoms with van der Waals surface area (Å²) < 4.78 is 10.00. The van der Waals surface area contributed by atoms with Crippen LogP contribution < -0.4 is 10.6 Å². The molecule has 0 spiro atoms. The zero-order chi connectivity index (χ0) is 18.5. The van der Waals surface area contributed by atoms with Crippen molar-refractivity contribution in [3.63, 3.8) is 0 Å². The molecule has 0 aromatic rings. The largest absolute Gasteiger partial charge is 0.444 e. The van der Waals surface area contributed by atoms with Crippen LogP contribution in [0.4, 0.5) is 4.79 Å². The van der Waals surface area contributed by atoms with Gasteiger partial charge in [0, 0.05) is 6.54 Å². The summed E-state index contributed by atoms with van der Waals surface area (Å²) >= 11 is 0. The second-order valence-electron chi connectivity index (χ2n) is 6.55. The molecular weight excluding hydrogens is 324 g/mol. The Morgan fingerprint density at radius 1 is 1.29 bits per heavy atom. The number of nitrogens with one attached hydrogen (secondary N) is 2. The molecule has 10 nitrogen and oxygen atoms in total. The average molecular weight is 350 g/mol. The maximum atomic E-state index is 11.6. The van der Waals surface area contributed by atoms with Crippen LogP contribution >= 0.6 is 0 Å². The number of rotatable bonds is 6. The molecule has 1 aliphatic rings. The number of ether oxygens (including phenoxy) is 2. The van der Waals surface area contributed by atoms with Crippen molar-refractivity contribution in [1.29, 1.82) is 0 Å². The summed E-state index contributed by atoms with van der Waals surface area (Å²) in [6.07, 6.45) is -5.79. The van der Waals surface area contributed by atoms with Crippen molar-refractivity contribution in [3.8, 4) is 0 Å². The van der Waals surface area contributed by atoms with Crippen molar-refractivity contribution >= 4 is 12.4 Å². The lowest BCUT2D eigenvalue weighted by atomic mass is 9.97. The van der Waals surface area contributed by atoms with Gasteiger partial charge in [-0.3, -0.25) is 0 Å². The highest BCUT2D eigenvalue weighted by molar-refractivity contribution is 5.73. The van der Waals surface area contributed by atoms with Crippen molar-refractivity contribution in [3.05, 3.63) is 0 Å². The van der Waals surface area contributed by atoms with E-state index in [2.05, 4.69) is 10.6 Å². The molecule has 1 aliphatic heterocycles. The Morgan fingerprint density at radius 2 is 1.92 bits per heavy atom. The third-order valence-corrected chi connectivity index (χ3v) is 3.34. The Balaban J connectivity index is 2.56. The molecule has 1 rings (SSSR count). The van der Waals surface area contributed by atoms with Gasteiger partial charge in [-0.15, -0.1) is 0 Å². The Labute approximate surface area is 139 Å². The number of amides is 1. The van der Waals surface area contributed by atoms with E-state index in [0.29, 0.717) is 6.29 Å². The predicted molar refractivity (Wildman–Crippen MR) is 81.0 cm³/mol. The van der Waals surface area contributed by atoms with Crippen LogP contribution in [0.15, 0.2) is 0 Å². The third-order valence-electron chi connectivity index (χ3n) is 3.34. The first-order valence-corrected chi connectivity index (χ1v) is 7.57. The third kappa shape index (κ3) is 5.96. The number of alkyl carbamates (subject to hydrolysis) is 1. The normalized spacial score (nSPS) is 32.0. The van der Waals surface area contributed by atoms with E-state index in [4.69, 9.17) is 14.6 Å². The minimum absolute atomic E-state index is 0.137. The predicted octanol–water partition coefficient (Wildman–Crippen LogP) is -2.53. The molecule has 0 radical (unpaired) electrons. The number of carbonyl (C=O) groups is 2. The number of aliphatic hydroxyl groups is 4. The van der Waals surface area contributed by atoms with Crippen LogP contribution in [0.2, 0.25) is 0 Å². The monoisotopic (exact) mass is 350 g/mol. The molecule has 0 saturated carbocycles. The molecule has 0 bridgehead atoms. The molecule has 6 N–H and O–H groups in total. The first-order chi connectivity index (χ1) is 11.1. The minimum atomic E-state index is -1.51. The lowest BCUT2D eigenvalue weighted by Gasteiger charge is -2.40. The molecule has 1 heterocycles. The standard InChI is InChI=1S/C14H26N2O8/c1-14(2,3)24-13(22)16-7(5-17)4-15-9-11(20)10(19)8(6-18)23-12(9)21/h5,7-12,15,18-21H,4,6H2,1-3H3,(H,16,22)/t7-,8+,9+,10+,11+,12+/m0/s1. The highest BCUT2D eigenvalue weighted by Gasteiger charge is 2.43. The van der Waals surface area contributed by atoms with Gasteiger partial charge in [0.2, 0.25) is 0 Å². The van der Waals surface area contributed by atoms with Gasteiger partial charge in [0.1, 0.15) is 36.2 Å². The molecule has 140 valence electrons. The van der Waals surface area contributed by atoms with Crippen LogP contribution in [0, 0.1) is 0 Å². The summed E-state index contributed by atoms with van der Waals surface area (Å²) in [6.45, 7) is 4.31. The van der Waals surface area contributed by atoms with E-state index in [0.717, 1.165) is 0 Å². The van der Waals surface area contributed by atoms with Crippen LogP contribution in [-0.2, 0) is 14.3 Å². The topological polar surface area (TPSA) is 158 Å². The zero-order valence-electron chi connectivity index (χ0n) is 13.9. The van der Waals surface area contributed by atoms with Crippen molar-refractivity contribution in [2.75, 3.05) is 13.2 Å². The van der Waals surface area contributed by atoms with Crippen LogP contribution in [0.1, 0.15) is 20.8 Å². The fourth-order valence-electron chi connectivity index (χ4n) is 2.17. The van der Waals surface area contributed by atoms with Gasteiger partial charge >= 0.3 is 6.09 Å². The molecule has 6 atom stereocenters. The van der Waals surface area contributed by atoms with Crippen molar-refractivity contribution in [2.24, 2.45) is 0 Å².